The molecule has 0 fully saturated rings. The Balaban J connectivity index is 4.76. The first kappa shape index (κ1) is 17.0. The topological polar surface area (TPSA) is 0 Å². The highest BCUT2D eigenvalue weighted by atomic mass is 14.4. The molecule has 4 atom stereocenters. The summed E-state index contributed by atoms with van der Waals surface area (Å²) in [5.41, 5.74) is 0.528. The Bertz CT molecular complexity index is 194. The minimum absolute atomic E-state index is 0.528. The maximum absolute atomic E-state index is 2.52. The quantitative estimate of drug-likeness (QED) is 0.477. The lowest BCUT2D eigenvalue weighted by molar-refractivity contribution is 0.0848. The van der Waals surface area contributed by atoms with Gasteiger partial charge in [0.25, 0.3) is 0 Å². The molecule has 0 aromatic heterocycles. The summed E-state index contributed by atoms with van der Waals surface area (Å²) >= 11 is 0. The molecule has 0 aliphatic heterocycles. The van der Waals surface area contributed by atoms with Gasteiger partial charge in [-0.25, -0.2) is 0 Å². The van der Waals surface area contributed by atoms with Gasteiger partial charge in [0.15, 0.2) is 0 Å². The van der Waals surface area contributed by atoms with E-state index in [1.54, 1.807) is 0 Å². The molecule has 0 rings (SSSR count). The van der Waals surface area contributed by atoms with Crippen LogP contribution < -0.4 is 0 Å². The van der Waals surface area contributed by atoms with E-state index < -0.39 is 0 Å². The van der Waals surface area contributed by atoms with Crippen LogP contribution in [0.15, 0.2) is 0 Å². The lowest BCUT2D eigenvalue weighted by atomic mass is 9.64. The molecule has 0 saturated carbocycles. The summed E-state index contributed by atoms with van der Waals surface area (Å²) < 4.78 is 0. The highest BCUT2D eigenvalue weighted by molar-refractivity contribution is 4.84. The van der Waals surface area contributed by atoms with Gasteiger partial charge in [0.05, 0.1) is 0 Å². The van der Waals surface area contributed by atoms with Crippen molar-refractivity contribution in [2.24, 2.45) is 29.1 Å². The molecule has 0 aromatic carbocycles. The first-order chi connectivity index (χ1) is 7.82. The van der Waals surface area contributed by atoms with Crippen molar-refractivity contribution in [1.82, 2.24) is 0 Å². The molecule has 0 aliphatic carbocycles. The molecule has 0 radical (unpaired) electrons. The molecule has 4 unspecified atom stereocenters. The molecule has 0 N–H and O–H groups in total. The normalized spacial score (nSPS) is 21.0. The van der Waals surface area contributed by atoms with Crippen molar-refractivity contribution in [3.05, 3.63) is 0 Å². The van der Waals surface area contributed by atoms with E-state index in [0.717, 1.165) is 23.7 Å². The van der Waals surface area contributed by atoms with Crippen LogP contribution in [0.4, 0.5) is 0 Å². The third-order valence-electron chi connectivity index (χ3n) is 5.60. The fraction of sp³-hybridized carbons (Fsp3) is 1.00. The lowest BCUT2D eigenvalue weighted by Gasteiger charge is -2.41. The highest BCUT2D eigenvalue weighted by Gasteiger charge is 2.34. The fourth-order valence-electron chi connectivity index (χ4n) is 3.14. The van der Waals surface area contributed by atoms with Crippen LogP contribution in [0.2, 0.25) is 0 Å². The van der Waals surface area contributed by atoms with E-state index in [-0.39, 0.29) is 0 Å². The second-order valence-corrected chi connectivity index (χ2v) is 6.80. The van der Waals surface area contributed by atoms with E-state index in [0.29, 0.717) is 5.41 Å². The van der Waals surface area contributed by atoms with Crippen molar-refractivity contribution in [3.63, 3.8) is 0 Å². The van der Waals surface area contributed by atoms with Crippen molar-refractivity contribution in [2.75, 3.05) is 0 Å². The van der Waals surface area contributed by atoms with Crippen molar-refractivity contribution in [3.8, 4) is 0 Å². The van der Waals surface area contributed by atoms with E-state index in [4.69, 9.17) is 0 Å². The van der Waals surface area contributed by atoms with Gasteiger partial charge in [0, 0.05) is 0 Å². The number of rotatable bonds is 8. The Kier molecular flexibility index (Phi) is 7.44. The summed E-state index contributed by atoms with van der Waals surface area (Å²) in [6.07, 6.45) is 5.38. The van der Waals surface area contributed by atoms with Crippen LogP contribution in [0, 0.1) is 29.1 Å². The maximum Gasteiger partial charge on any atom is -0.0298 e. The second kappa shape index (κ2) is 7.44. The van der Waals surface area contributed by atoms with E-state index >= 15 is 0 Å². The van der Waals surface area contributed by atoms with Crippen LogP contribution >= 0.6 is 0 Å². The molecule has 0 aliphatic rings. The van der Waals surface area contributed by atoms with E-state index in [1.165, 1.54) is 25.7 Å². The molecule has 0 aromatic rings. The van der Waals surface area contributed by atoms with Gasteiger partial charge in [-0.1, -0.05) is 74.7 Å². The third-order valence-corrected chi connectivity index (χ3v) is 5.60. The lowest BCUT2D eigenvalue weighted by Crippen LogP contribution is -2.32. The van der Waals surface area contributed by atoms with Crippen molar-refractivity contribution < 1.29 is 0 Å². The summed E-state index contributed by atoms with van der Waals surface area (Å²) in [6.45, 7) is 19.3. The van der Waals surface area contributed by atoms with Gasteiger partial charge < -0.3 is 0 Å². The van der Waals surface area contributed by atoms with Gasteiger partial charge in [-0.05, 0) is 35.5 Å². The highest BCUT2D eigenvalue weighted by Crippen LogP contribution is 2.44. The Morgan fingerprint density at radius 2 is 1.41 bits per heavy atom. The number of hydrogen-bond acceptors (Lipinski definition) is 0. The van der Waals surface area contributed by atoms with Gasteiger partial charge in [-0.2, -0.15) is 0 Å². The molecule has 104 valence electrons. The zero-order valence-corrected chi connectivity index (χ0v) is 13.6. The maximum atomic E-state index is 2.52. The third kappa shape index (κ3) is 4.64. The predicted octanol–water partition coefficient (Wildman–Crippen LogP) is 6.16. The van der Waals surface area contributed by atoms with Crippen molar-refractivity contribution >= 4 is 0 Å². The molecule has 0 heteroatoms. The summed E-state index contributed by atoms with van der Waals surface area (Å²) in [4.78, 5) is 0. The molecule has 0 bridgehead atoms. The van der Waals surface area contributed by atoms with Crippen LogP contribution in [0.25, 0.3) is 0 Å². The van der Waals surface area contributed by atoms with Gasteiger partial charge in [0.2, 0.25) is 0 Å². The summed E-state index contributed by atoms with van der Waals surface area (Å²) in [5, 5.41) is 0. The van der Waals surface area contributed by atoms with Gasteiger partial charge in [-0.3, -0.25) is 0 Å². The monoisotopic (exact) mass is 240 g/mol. The Hall–Kier alpha value is 0. The molecule has 0 saturated heterocycles. The first-order valence-corrected chi connectivity index (χ1v) is 7.82. The second-order valence-electron chi connectivity index (χ2n) is 6.80. The zero-order valence-electron chi connectivity index (χ0n) is 13.6. The van der Waals surface area contributed by atoms with Crippen molar-refractivity contribution in [1.29, 1.82) is 0 Å². The molecule has 0 nitrogen and oxygen atoms in total. The van der Waals surface area contributed by atoms with E-state index in [2.05, 4.69) is 55.4 Å². The minimum atomic E-state index is 0.528. The molecular formula is C17H36. The first-order valence-electron chi connectivity index (χ1n) is 7.82. The van der Waals surface area contributed by atoms with Crippen LogP contribution in [-0.4, -0.2) is 0 Å². The molecule has 0 spiro atoms. The summed E-state index contributed by atoms with van der Waals surface area (Å²) in [7, 11) is 0. The van der Waals surface area contributed by atoms with Gasteiger partial charge in [-0.15, -0.1) is 0 Å². The van der Waals surface area contributed by atoms with E-state index in [1.807, 2.05) is 0 Å². The average Bonchev–Trinajstić information content (AvgIpc) is 2.33. The average molecular weight is 240 g/mol. The molecule has 0 heterocycles. The molecular weight excluding hydrogens is 204 g/mol. The minimum Gasteiger partial charge on any atom is -0.0651 e. The van der Waals surface area contributed by atoms with Crippen LogP contribution in [0.1, 0.15) is 81.1 Å². The largest absolute Gasteiger partial charge is 0.0651 e. The van der Waals surface area contributed by atoms with Crippen molar-refractivity contribution in [2.45, 2.75) is 81.1 Å². The fourth-order valence-corrected chi connectivity index (χ4v) is 3.14. The summed E-state index contributed by atoms with van der Waals surface area (Å²) in [6, 6.07) is 0. The van der Waals surface area contributed by atoms with Gasteiger partial charge >= 0.3 is 0 Å². The predicted molar refractivity (Wildman–Crippen MR) is 80.3 cm³/mol. The standard InChI is InChI=1S/C17H36/c1-9-14(6)15(7)17(8,11-3)12-16(10-2)13(4)5/h13-16H,9-12H2,1-8H3. The Morgan fingerprint density at radius 1 is 0.882 bits per heavy atom. The van der Waals surface area contributed by atoms with Crippen LogP contribution in [0.3, 0.4) is 0 Å². The Labute approximate surface area is 111 Å². The van der Waals surface area contributed by atoms with Gasteiger partial charge in [0.1, 0.15) is 0 Å². The summed E-state index contributed by atoms with van der Waals surface area (Å²) in [5.74, 6) is 3.41. The molecule has 17 heavy (non-hydrogen) atoms. The zero-order chi connectivity index (χ0) is 13.6. The van der Waals surface area contributed by atoms with Crippen LogP contribution in [0.5, 0.6) is 0 Å². The Morgan fingerprint density at radius 3 is 1.71 bits per heavy atom. The SMILES string of the molecule is CCC(C)C(C)C(C)(CC)CC(CC)C(C)C. The number of hydrogen-bond donors (Lipinski definition) is 0. The van der Waals surface area contributed by atoms with E-state index in [9.17, 15) is 0 Å². The molecule has 0 amide bonds. The smallest absolute Gasteiger partial charge is 0.0298 e. The van der Waals surface area contributed by atoms with Crippen LogP contribution in [-0.2, 0) is 0 Å².